The summed E-state index contributed by atoms with van der Waals surface area (Å²) >= 11 is 0. The van der Waals surface area contributed by atoms with E-state index in [4.69, 9.17) is 5.73 Å². The Kier molecular flexibility index (Phi) is 3.03. The summed E-state index contributed by atoms with van der Waals surface area (Å²) < 4.78 is 23.0. The van der Waals surface area contributed by atoms with Gasteiger partial charge < -0.3 is 10.6 Å². The predicted molar refractivity (Wildman–Crippen MR) is 71.1 cm³/mol. The molecule has 17 heavy (non-hydrogen) atoms. The molecule has 0 spiro atoms. The molecule has 0 aromatic heterocycles. The Balaban J connectivity index is 2.26. The molecule has 2 rings (SSSR count). The number of hydrogen-bond donors (Lipinski definition) is 1. The molecule has 1 atom stereocenters. The largest absolute Gasteiger partial charge is 0.398 e. The van der Waals surface area contributed by atoms with Gasteiger partial charge in [-0.25, -0.2) is 8.42 Å². The molecule has 0 amide bonds. The van der Waals surface area contributed by atoms with Crippen LogP contribution in [0.25, 0.3) is 0 Å². The number of rotatable bonds is 2. The third-order valence-electron chi connectivity index (χ3n) is 3.48. The average molecular weight is 254 g/mol. The van der Waals surface area contributed by atoms with Crippen molar-refractivity contribution >= 4 is 21.2 Å². The molecule has 94 valence electrons. The van der Waals surface area contributed by atoms with Crippen LogP contribution in [0, 0.1) is 6.92 Å². The van der Waals surface area contributed by atoms with E-state index < -0.39 is 9.84 Å². The van der Waals surface area contributed by atoms with E-state index in [-0.39, 0.29) is 11.8 Å². The van der Waals surface area contributed by atoms with E-state index in [0.29, 0.717) is 12.2 Å². The van der Waals surface area contributed by atoms with Gasteiger partial charge in [-0.15, -0.1) is 0 Å². The van der Waals surface area contributed by atoms with Gasteiger partial charge >= 0.3 is 0 Å². The van der Waals surface area contributed by atoms with E-state index in [1.165, 1.54) is 0 Å². The molecule has 1 aliphatic heterocycles. The van der Waals surface area contributed by atoms with Gasteiger partial charge in [0, 0.05) is 24.5 Å². The SMILES string of the molecule is Cc1c(N)cccc1N(C)C1CCS(=O)(=O)C1. The summed E-state index contributed by atoms with van der Waals surface area (Å²) in [5.74, 6) is 0.543. The minimum atomic E-state index is -2.84. The maximum absolute atomic E-state index is 11.5. The van der Waals surface area contributed by atoms with Gasteiger partial charge in [0.15, 0.2) is 9.84 Å². The Hall–Kier alpha value is -1.23. The molecule has 4 nitrogen and oxygen atoms in total. The molecule has 0 radical (unpaired) electrons. The Morgan fingerprint density at radius 2 is 2.12 bits per heavy atom. The molecule has 1 aromatic rings. The Morgan fingerprint density at radius 1 is 1.41 bits per heavy atom. The van der Waals surface area contributed by atoms with Crippen LogP contribution in [0.1, 0.15) is 12.0 Å². The predicted octanol–water partition coefficient (Wildman–Crippen LogP) is 1.20. The second kappa shape index (κ2) is 4.22. The summed E-state index contributed by atoms with van der Waals surface area (Å²) in [5, 5.41) is 0. The summed E-state index contributed by atoms with van der Waals surface area (Å²) in [6, 6.07) is 5.81. The highest BCUT2D eigenvalue weighted by Crippen LogP contribution is 2.28. The van der Waals surface area contributed by atoms with Crippen molar-refractivity contribution in [3.8, 4) is 0 Å². The number of hydrogen-bond acceptors (Lipinski definition) is 4. The van der Waals surface area contributed by atoms with Crippen LogP contribution in [0.4, 0.5) is 11.4 Å². The van der Waals surface area contributed by atoms with Crippen LogP contribution in [-0.2, 0) is 9.84 Å². The minimum absolute atomic E-state index is 0.0699. The van der Waals surface area contributed by atoms with Gasteiger partial charge in [0.2, 0.25) is 0 Å². The normalized spacial score (nSPS) is 22.6. The molecule has 0 bridgehead atoms. The van der Waals surface area contributed by atoms with Gasteiger partial charge in [-0.05, 0) is 31.0 Å². The van der Waals surface area contributed by atoms with Crippen LogP contribution in [0.5, 0.6) is 0 Å². The number of nitrogen functional groups attached to an aromatic ring is 1. The lowest BCUT2D eigenvalue weighted by Gasteiger charge is -2.27. The fourth-order valence-electron chi connectivity index (χ4n) is 2.30. The van der Waals surface area contributed by atoms with Crippen molar-refractivity contribution in [3.05, 3.63) is 23.8 Å². The zero-order valence-corrected chi connectivity index (χ0v) is 11.0. The fourth-order valence-corrected chi connectivity index (χ4v) is 4.07. The molecule has 1 saturated heterocycles. The summed E-state index contributed by atoms with van der Waals surface area (Å²) in [5.41, 5.74) is 8.64. The molecular formula is C12H18N2O2S. The van der Waals surface area contributed by atoms with Gasteiger partial charge in [-0.3, -0.25) is 0 Å². The van der Waals surface area contributed by atoms with E-state index in [9.17, 15) is 8.42 Å². The highest BCUT2D eigenvalue weighted by molar-refractivity contribution is 7.91. The van der Waals surface area contributed by atoms with Gasteiger partial charge in [-0.1, -0.05) is 6.07 Å². The lowest BCUT2D eigenvalue weighted by atomic mass is 10.1. The van der Waals surface area contributed by atoms with E-state index in [0.717, 1.165) is 16.9 Å². The molecule has 2 N–H and O–H groups in total. The monoisotopic (exact) mass is 254 g/mol. The Morgan fingerprint density at radius 3 is 2.71 bits per heavy atom. The van der Waals surface area contributed by atoms with Gasteiger partial charge in [0.1, 0.15) is 0 Å². The fraction of sp³-hybridized carbons (Fsp3) is 0.500. The standard InChI is InChI=1S/C12H18N2O2S/c1-9-11(13)4-3-5-12(9)14(2)10-6-7-17(15,16)8-10/h3-5,10H,6-8,13H2,1-2H3. The molecule has 1 unspecified atom stereocenters. The molecule has 0 aliphatic carbocycles. The van der Waals surface area contributed by atoms with Crippen LogP contribution in [0.15, 0.2) is 18.2 Å². The molecule has 1 heterocycles. The van der Waals surface area contributed by atoms with E-state index in [2.05, 4.69) is 0 Å². The van der Waals surface area contributed by atoms with Crippen molar-refractivity contribution < 1.29 is 8.42 Å². The van der Waals surface area contributed by atoms with Crippen molar-refractivity contribution in [2.24, 2.45) is 0 Å². The van der Waals surface area contributed by atoms with Crippen LogP contribution < -0.4 is 10.6 Å². The summed E-state index contributed by atoms with van der Waals surface area (Å²) in [6.45, 7) is 1.96. The van der Waals surface area contributed by atoms with Crippen molar-refractivity contribution in [1.82, 2.24) is 0 Å². The van der Waals surface area contributed by atoms with E-state index >= 15 is 0 Å². The highest BCUT2D eigenvalue weighted by Gasteiger charge is 2.31. The van der Waals surface area contributed by atoms with E-state index in [1.807, 2.05) is 37.1 Å². The highest BCUT2D eigenvalue weighted by atomic mass is 32.2. The number of anilines is 2. The van der Waals surface area contributed by atoms with Crippen molar-refractivity contribution in [2.75, 3.05) is 29.2 Å². The summed E-state index contributed by atoms with van der Waals surface area (Å²) in [7, 11) is -0.907. The zero-order valence-electron chi connectivity index (χ0n) is 10.2. The zero-order chi connectivity index (χ0) is 12.6. The number of nitrogens with zero attached hydrogens (tertiary/aromatic N) is 1. The maximum atomic E-state index is 11.5. The van der Waals surface area contributed by atoms with Crippen LogP contribution in [0.2, 0.25) is 0 Å². The second-order valence-corrected chi connectivity index (χ2v) is 6.89. The van der Waals surface area contributed by atoms with Gasteiger partial charge in [-0.2, -0.15) is 0 Å². The quantitative estimate of drug-likeness (QED) is 0.806. The first kappa shape index (κ1) is 12.2. The van der Waals surface area contributed by atoms with Crippen molar-refractivity contribution in [2.45, 2.75) is 19.4 Å². The first-order valence-electron chi connectivity index (χ1n) is 5.69. The lowest BCUT2D eigenvalue weighted by molar-refractivity contribution is 0.601. The third kappa shape index (κ3) is 2.39. The molecule has 1 aliphatic rings. The first-order valence-corrected chi connectivity index (χ1v) is 7.51. The lowest BCUT2D eigenvalue weighted by Crippen LogP contribution is -2.33. The topological polar surface area (TPSA) is 63.4 Å². The summed E-state index contributed by atoms with van der Waals surface area (Å²) in [4.78, 5) is 2.04. The summed E-state index contributed by atoms with van der Waals surface area (Å²) in [6.07, 6.45) is 0.701. The van der Waals surface area contributed by atoms with E-state index in [1.54, 1.807) is 0 Å². The maximum Gasteiger partial charge on any atom is 0.152 e. The van der Waals surface area contributed by atoms with Crippen LogP contribution in [0.3, 0.4) is 0 Å². The molecular weight excluding hydrogens is 236 g/mol. The van der Waals surface area contributed by atoms with Crippen molar-refractivity contribution in [1.29, 1.82) is 0 Å². The Labute approximate surface area is 102 Å². The molecule has 0 saturated carbocycles. The number of benzene rings is 1. The molecule has 1 aromatic carbocycles. The number of sulfone groups is 1. The average Bonchev–Trinajstić information content (AvgIpc) is 2.62. The third-order valence-corrected chi connectivity index (χ3v) is 5.23. The van der Waals surface area contributed by atoms with Crippen LogP contribution in [-0.4, -0.2) is 33.0 Å². The van der Waals surface area contributed by atoms with Crippen molar-refractivity contribution in [3.63, 3.8) is 0 Å². The molecule has 1 fully saturated rings. The van der Waals surface area contributed by atoms with Crippen LogP contribution >= 0.6 is 0 Å². The van der Waals surface area contributed by atoms with Gasteiger partial charge in [0.05, 0.1) is 11.5 Å². The first-order chi connectivity index (χ1) is 7.91. The number of nitrogens with two attached hydrogens (primary N) is 1. The second-order valence-electron chi connectivity index (χ2n) is 4.66. The smallest absolute Gasteiger partial charge is 0.152 e. The van der Waals surface area contributed by atoms with Gasteiger partial charge in [0.25, 0.3) is 0 Å². The minimum Gasteiger partial charge on any atom is -0.398 e. The Bertz CT molecular complexity index is 525. The molecule has 5 heteroatoms.